The van der Waals surface area contributed by atoms with Gasteiger partial charge in [-0.05, 0) is 17.7 Å². The van der Waals surface area contributed by atoms with E-state index in [0.29, 0.717) is 12.2 Å². The molecule has 0 radical (unpaired) electrons. The first-order valence-electron chi connectivity index (χ1n) is 5.15. The van der Waals surface area contributed by atoms with Gasteiger partial charge in [-0.1, -0.05) is 26.0 Å². The third-order valence-electron chi connectivity index (χ3n) is 2.61. The van der Waals surface area contributed by atoms with E-state index in [9.17, 15) is 4.79 Å². The lowest BCUT2D eigenvalue weighted by Gasteiger charge is -2.23. The molecule has 4 nitrogen and oxygen atoms in total. The lowest BCUT2D eigenvalue weighted by Crippen LogP contribution is -2.27. The lowest BCUT2D eigenvalue weighted by molar-refractivity contribution is 0.187. The molecule has 0 aromatic heterocycles. The second-order valence-corrected chi connectivity index (χ2v) is 4.28. The highest BCUT2D eigenvalue weighted by molar-refractivity contribution is 5.84. The molecule has 0 aliphatic heterocycles. The second kappa shape index (κ2) is 4.99. The number of carbonyl (C=O) groups excluding carboxylic acids is 1. The van der Waals surface area contributed by atoms with E-state index in [4.69, 9.17) is 5.73 Å². The number of amides is 1. The van der Waals surface area contributed by atoms with Gasteiger partial charge in [0.05, 0.1) is 7.11 Å². The van der Waals surface area contributed by atoms with E-state index in [1.807, 2.05) is 24.3 Å². The molecule has 3 N–H and O–H groups in total. The Bertz CT molecular complexity index is 358. The Morgan fingerprint density at radius 2 is 1.94 bits per heavy atom. The van der Waals surface area contributed by atoms with Crippen molar-refractivity contribution in [2.45, 2.75) is 19.3 Å². The molecule has 0 saturated carbocycles. The van der Waals surface area contributed by atoms with Crippen molar-refractivity contribution in [2.75, 3.05) is 19.0 Å². The fraction of sp³-hybridized carbons (Fsp3) is 0.417. The smallest absolute Gasteiger partial charge is 0.411 e. The third kappa shape index (κ3) is 2.97. The number of methoxy groups -OCH3 is 1. The topological polar surface area (TPSA) is 64.3 Å². The van der Waals surface area contributed by atoms with Crippen LogP contribution in [0.1, 0.15) is 19.4 Å². The Labute approximate surface area is 95.8 Å². The van der Waals surface area contributed by atoms with Crippen LogP contribution in [0.2, 0.25) is 0 Å². The molecule has 0 fully saturated rings. The molecule has 4 heteroatoms. The number of anilines is 1. The summed E-state index contributed by atoms with van der Waals surface area (Å²) in [5.41, 5.74) is 7.49. The molecule has 1 aromatic carbocycles. The van der Waals surface area contributed by atoms with Crippen LogP contribution < -0.4 is 11.1 Å². The quantitative estimate of drug-likeness (QED) is 0.823. The maximum absolute atomic E-state index is 11.0. The number of hydrogen-bond donors (Lipinski definition) is 2. The highest BCUT2D eigenvalue weighted by atomic mass is 16.5. The largest absolute Gasteiger partial charge is 0.453 e. The van der Waals surface area contributed by atoms with E-state index in [0.717, 1.165) is 5.56 Å². The van der Waals surface area contributed by atoms with Crippen LogP contribution in [0.15, 0.2) is 24.3 Å². The molecule has 0 unspecified atom stereocenters. The summed E-state index contributed by atoms with van der Waals surface area (Å²) in [4.78, 5) is 11.0. The zero-order valence-electron chi connectivity index (χ0n) is 9.91. The Kier molecular flexibility index (Phi) is 3.90. The summed E-state index contributed by atoms with van der Waals surface area (Å²) < 4.78 is 4.50. The van der Waals surface area contributed by atoms with Gasteiger partial charge in [0, 0.05) is 17.6 Å². The fourth-order valence-corrected chi connectivity index (χ4v) is 1.29. The van der Waals surface area contributed by atoms with Crippen LogP contribution in [0.25, 0.3) is 0 Å². The minimum atomic E-state index is -0.467. The number of benzene rings is 1. The van der Waals surface area contributed by atoms with Crippen molar-refractivity contribution in [1.82, 2.24) is 0 Å². The number of ether oxygens (including phenoxy) is 1. The molecular formula is C12H18N2O2. The number of carbonyl (C=O) groups is 1. The van der Waals surface area contributed by atoms with Crippen molar-refractivity contribution in [2.24, 2.45) is 5.73 Å². The van der Waals surface area contributed by atoms with Gasteiger partial charge in [-0.25, -0.2) is 4.79 Å². The Hall–Kier alpha value is -1.55. The van der Waals surface area contributed by atoms with Crippen molar-refractivity contribution < 1.29 is 9.53 Å². The van der Waals surface area contributed by atoms with Gasteiger partial charge < -0.3 is 10.5 Å². The van der Waals surface area contributed by atoms with Crippen molar-refractivity contribution in [3.8, 4) is 0 Å². The highest BCUT2D eigenvalue weighted by Crippen LogP contribution is 2.23. The van der Waals surface area contributed by atoms with E-state index in [1.54, 1.807) is 0 Å². The lowest BCUT2D eigenvalue weighted by atomic mass is 9.85. The molecule has 0 spiro atoms. The molecular weight excluding hydrogens is 204 g/mol. The van der Waals surface area contributed by atoms with Crippen LogP contribution in [0, 0.1) is 0 Å². The van der Waals surface area contributed by atoms with Crippen LogP contribution >= 0.6 is 0 Å². The summed E-state index contributed by atoms with van der Waals surface area (Å²) in [5, 5.41) is 2.60. The predicted octanol–water partition coefficient (Wildman–Crippen LogP) is 2.10. The molecule has 0 saturated heterocycles. The first-order valence-corrected chi connectivity index (χ1v) is 5.15. The average molecular weight is 222 g/mol. The monoisotopic (exact) mass is 222 g/mol. The van der Waals surface area contributed by atoms with E-state index in [-0.39, 0.29) is 5.41 Å². The summed E-state index contributed by atoms with van der Waals surface area (Å²) >= 11 is 0. The van der Waals surface area contributed by atoms with Crippen LogP contribution in [-0.2, 0) is 10.2 Å². The molecule has 16 heavy (non-hydrogen) atoms. The summed E-state index contributed by atoms with van der Waals surface area (Å²) in [7, 11) is 1.33. The summed E-state index contributed by atoms with van der Waals surface area (Å²) in [6.45, 7) is 4.74. The number of hydrogen-bond acceptors (Lipinski definition) is 3. The van der Waals surface area contributed by atoms with Crippen molar-refractivity contribution in [3.05, 3.63) is 29.8 Å². The number of rotatable bonds is 3. The highest BCUT2D eigenvalue weighted by Gasteiger charge is 2.17. The minimum absolute atomic E-state index is 0.0518. The van der Waals surface area contributed by atoms with Gasteiger partial charge in [0.1, 0.15) is 0 Å². The zero-order chi connectivity index (χ0) is 12.2. The standard InChI is InChI=1S/C12H18N2O2/c1-12(2,8-13)9-4-6-10(7-5-9)14-11(15)16-3/h4-7H,8,13H2,1-3H3,(H,14,15). The van der Waals surface area contributed by atoms with E-state index < -0.39 is 6.09 Å². The molecule has 0 aliphatic carbocycles. The molecule has 88 valence electrons. The van der Waals surface area contributed by atoms with Crippen molar-refractivity contribution in [3.63, 3.8) is 0 Å². The predicted molar refractivity (Wildman–Crippen MR) is 64.6 cm³/mol. The normalized spacial score (nSPS) is 11.0. The Balaban J connectivity index is 2.79. The maximum atomic E-state index is 11.0. The Morgan fingerprint density at radius 1 is 1.38 bits per heavy atom. The van der Waals surface area contributed by atoms with Crippen LogP contribution in [0.5, 0.6) is 0 Å². The SMILES string of the molecule is COC(=O)Nc1ccc(C(C)(C)CN)cc1. The van der Waals surface area contributed by atoms with Crippen molar-refractivity contribution >= 4 is 11.8 Å². The first kappa shape index (κ1) is 12.5. The van der Waals surface area contributed by atoms with Crippen LogP contribution in [0.3, 0.4) is 0 Å². The summed E-state index contributed by atoms with van der Waals surface area (Å²) in [6.07, 6.45) is -0.467. The fourth-order valence-electron chi connectivity index (χ4n) is 1.29. The van der Waals surface area contributed by atoms with Crippen LogP contribution in [0.4, 0.5) is 10.5 Å². The molecule has 0 bridgehead atoms. The van der Waals surface area contributed by atoms with E-state index in [1.165, 1.54) is 7.11 Å². The maximum Gasteiger partial charge on any atom is 0.411 e. The first-order chi connectivity index (χ1) is 7.49. The van der Waals surface area contributed by atoms with Gasteiger partial charge in [-0.2, -0.15) is 0 Å². The average Bonchev–Trinajstić information content (AvgIpc) is 2.29. The van der Waals surface area contributed by atoms with Gasteiger partial charge >= 0.3 is 6.09 Å². The summed E-state index contributed by atoms with van der Waals surface area (Å²) in [6, 6.07) is 7.59. The molecule has 1 amide bonds. The van der Waals surface area contributed by atoms with E-state index >= 15 is 0 Å². The molecule has 0 atom stereocenters. The number of nitrogens with one attached hydrogen (secondary N) is 1. The molecule has 0 heterocycles. The van der Waals surface area contributed by atoms with Crippen molar-refractivity contribution in [1.29, 1.82) is 0 Å². The van der Waals surface area contributed by atoms with Gasteiger partial charge in [0.2, 0.25) is 0 Å². The van der Waals surface area contributed by atoms with Gasteiger partial charge in [-0.15, -0.1) is 0 Å². The zero-order valence-corrected chi connectivity index (χ0v) is 9.91. The van der Waals surface area contributed by atoms with Crippen LogP contribution in [-0.4, -0.2) is 19.7 Å². The Morgan fingerprint density at radius 3 is 2.38 bits per heavy atom. The second-order valence-electron chi connectivity index (χ2n) is 4.28. The third-order valence-corrected chi connectivity index (χ3v) is 2.61. The minimum Gasteiger partial charge on any atom is -0.453 e. The molecule has 0 aliphatic rings. The summed E-state index contributed by atoms with van der Waals surface area (Å²) in [5.74, 6) is 0. The van der Waals surface area contributed by atoms with Gasteiger partial charge in [-0.3, -0.25) is 5.32 Å². The molecule has 1 rings (SSSR count). The molecule has 1 aromatic rings. The van der Waals surface area contributed by atoms with Gasteiger partial charge in [0.25, 0.3) is 0 Å². The van der Waals surface area contributed by atoms with E-state index in [2.05, 4.69) is 23.9 Å². The number of nitrogens with two attached hydrogens (primary N) is 1. The van der Waals surface area contributed by atoms with Gasteiger partial charge in [0.15, 0.2) is 0 Å².